The molecular weight excluding hydrogens is 220 g/mol. The predicted octanol–water partition coefficient (Wildman–Crippen LogP) is -1.44. The molecule has 7 nitrogen and oxygen atoms in total. The molecule has 0 saturated carbocycles. The van der Waals surface area contributed by atoms with Crippen LogP contribution in [0.3, 0.4) is 0 Å². The summed E-state index contributed by atoms with van der Waals surface area (Å²) in [5, 5.41) is 10.9. The third-order valence-corrected chi connectivity index (χ3v) is 3.35. The minimum absolute atomic E-state index is 0.341. The van der Waals surface area contributed by atoms with Gasteiger partial charge in [-0.05, 0) is 14.0 Å². The Balaban J connectivity index is 2.04. The molecule has 0 bridgehead atoms. The summed E-state index contributed by atoms with van der Waals surface area (Å²) in [4.78, 5) is 13.6. The molecule has 1 aliphatic heterocycles. The molecule has 3 N–H and O–H groups in total. The molecule has 1 atom stereocenters. The van der Waals surface area contributed by atoms with Crippen LogP contribution in [-0.2, 0) is 17.9 Å². The number of nitrogens with zero attached hydrogens (tertiary/aromatic N) is 4. The van der Waals surface area contributed by atoms with Crippen LogP contribution >= 0.6 is 0 Å². The molecule has 1 unspecified atom stereocenters. The summed E-state index contributed by atoms with van der Waals surface area (Å²) in [7, 11) is 1.75. The lowest BCUT2D eigenvalue weighted by atomic mass is 10.0. The Morgan fingerprint density at radius 3 is 3.06 bits per heavy atom. The van der Waals surface area contributed by atoms with Gasteiger partial charge in [0.25, 0.3) is 0 Å². The van der Waals surface area contributed by atoms with E-state index in [0.717, 1.165) is 18.9 Å². The van der Waals surface area contributed by atoms with E-state index in [9.17, 15) is 4.79 Å². The molecule has 0 fully saturated rings. The van der Waals surface area contributed by atoms with Crippen molar-refractivity contribution in [1.82, 2.24) is 25.0 Å². The first kappa shape index (κ1) is 12.0. The molecule has 2 rings (SSSR count). The van der Waals surface area contributed by atoms with E-state index in [4.69, 9.17) is 5.73 Å². The molecule has 1 aliphatic rings. The minimum Gasteiger partial charge on any atom is -0.368 e. The first-order chi connectivity index (χ1) is 8.05. The van der Waals surface area contributed by atoms with Crippen LogP contribution < -0.4 is 11.1 Å². The molecule has 17 heavy (non-hydrogen) atoms. The Bertz CT molecular complexity index is 417. The number of hydrogen-bond acceptors (Lipinski definition) is 5. The van der Waals surface area contributed by atoms with Crippen molar-refractivity contribution in [1.29, 1.82) is 0 Å². The third kappa shape index (κ3) is 2.29. The fourth-order valence-electron chi connectivity index (χ4n) is 1.98. The summed E-state index contributed by atoms with van der Waals surface area (Å²) >= 11 is 0. The zero-order valence-corrected chi connectivity index (χ0v) is 10.2. The Kier molecular flexibility index (Phi) is 3.12. The van der Waals surface area contributed by atoms with E-state index in [1.807, 2.05) is 11.5 Å². The molecule has 94 valence electrons. The molecule has 1 aromatic rings. The summed E-state index contributed by atoms with van der Waals surface area (Å²) in [5.41, 5.74) is 4.71. The maximum Gasteiger partial charge on any atom is 0.238 e. The van der Waals surface area contributed by atoms with Crippen molar-refractivity contribution < 1.29 is 4.79 Å². The van der Waals surface area contributed by atoms with E-state index < -0.39 is 5.54 Å². The Labute approximate surface area is 100.0 Å². The van der Waals surface area contributed by atoms with Crippen molar-refractivity contribution in [3.63, 3.8) is 0 Å². The highest BCUT2D eigenvalue weighted by Gasteiger charge is 2.32. The topological polar surface area (TPSA) is 89.1 Å². The number of nitrogens with two attached hydrogens (primary N) is 1. The highest BCUT2D eigenvalue weighted by Crippen LogP contribution is 2.13. The van der Waals surface area contributed by atoms with E-state index in [2.05, 4.69) is 20.4 Å². The average Bonchev–Trinajstić information content (AvgIpc) is 2.75. The van der Waals surface area contributed by atoms with Gasteiger partial charge in [-0.25, -0.2) is 0 Å². The second kappa shape index (κ2) is 4.42. The molecule has 0 radical (unpaired) electrons. The quantitative estimate of drug-likeness (QED) is 0.670. The summed E-state index contributed by atoms with van der Waals surface area (Å²) in [5.74, 6) is 0.589. The molecule has 0 aromatic carbocycles. The van der Waals surface area contributed by atoms with Crippen LogP contribution in [-0.4, -0.2) is 51.2 Å². The van der Waals surface area contributed by atoms with Crippen LogP contribution in [0.15, 0.2) is 6.33 Å². The molecule has 0 spiro atoms. The molecule has 0 aliphatic carbocycles. The van der Waals surface area contributed by atoms with Crippen molar-refractivity contribution in [3.8, 4) is 0 Å². The number of hydrogen-bond donors (Lipinski definition) is 2. The van der Waals surface area contributed by atoms with Crippen LogP contribution in [0.25, 0.3) is 0 Å². The van der Waals surface area contributed by atoms with Gasteiger partial charge in [0.05, 0.1) is 6.54 Å². The highest BCUT2D eigenvalue weighted by atomic mass is 16.1. The third-order valence-electron chi connectivity index (χ3n) is 3.35. The van der Waals surface area contributed by atoms with Crippen LogP contribution in [0.5, 0.6) is 0 Å². The van der Waals surface area contributed by atoms with Gasteiger partial charge in [-0.2, -0.15) is 0 Å². The summed E-state index contributed by atoms with van der Waals surface area (Å²) in [6.07, 6.45) is 1.73. The number of rotatable bonds is 4. The molecule has 7 heteroatoms. The first-order valence-electron chi connectivity index (χ1n) is 5.63. The number of amides is 1. The largest absolute Gasteiger partial charge is 0.368 e. The van der Waals surface area contributed by atoms with Gasteiger partial charge in [-0.3, -0.25) is 9.69 Å². The van der Waals surface area contributed by atoms with Crippen molar-refractivity contribution in [2.45, 2.75) is 25.6 Å². The van der Waals surface area contributed by atoms with Crippen molar-refractivity contribution >= 4 is 5.91 Å². The maximum atomic E-state index is 11.4. The maximum absolute atomic E-state index is 11.4. The average molecular weight is 238 g/mol. The van der Waals surface area contributed by atoms with E-state index >= 15 is 0 Å². The molecule has 2 heterocycles. The van der Waals surface area contributed by atoms with Crippen LogP contribution in [0.2, 0.25) is 0 Å². The van der Waals surface area contributed by atoms with Crippen molar-refractivity contribution in [3.05, 3.63) is 12.2 Å². The summed E-state index contributed by atoms with van der Waals surface area (Å²) in [6, 6.07) is 0. The number of carbonyl (C=O) groups excluding carboxylic acids is 1. The second-order valence-electron chi connectivity index (χ2n) is 4.60. The lowest BCUT2D eigenvalue weighted by Crippen LogP contribution is -2.59. The second-order valence-corrected chi connectivity index (χ2v) is 4.60. The van der Waals surface area contributed by atoms with E-state index in [0.29, 0.717) is 13.1 Å². The Hall–Kier alpha value is -1.47. The zero-order chi connectivity index (χ0) is 12.5. The predicted molar refractivity (Wildman–Crippen MR) is 62.0 cm³/mol. The van der Waals surface area contributed by atoms with Gasteiger partial charge in [-0.15, -0.1) is 10.2 Å². The molecule has 0 saturated heterocycles. The monoisotopic (exact) mass is 238 g/mol. The lowest BCUT2D eigenvalue weighted by Gasteiger charge is -2.34. The molecule has 1 amide bonds. The Morgan fingerprint density at radius 1 is 1.65 bits per heavy atom. The van der Waals surface area contributed by atoms with E-state index in [-0.39, 0.29) is 5.91 Å². The first-order valence-corrected chi connectivity index (χ1v) is 5.63. The number of nitrogens with one attached hydrogen (secondary N) is 1. The van der Waals surface area contributed by atoms with Crippen LogP contribution in [0, 0.1) is 0 Å². The van der Waals surface area contributed by atoms with Gasteiger partial charge >= 0.3 is 0 Å². The highest BCUT2D eigenvalue weighted by molar-refractivity contribution is 5.84. The van der Waals surface area contributed by atoms with Gasteiger partial charge < -0.3 is 15.6 Å². The smallest absolute Gasteiger partial charge is 0.238 e. The Morgan fingerprint density at radius 2 is 2.41 bits per heavy atom. The van der Waals surface area contributed by atoms with Gasteiger partial charge in [-0.1, -0.05) is 0 Å². The van der Waals surface area contributed by atoms with Crippen LogP contribution in [0.1, 0.15) is 12.7 Å². The lowest BCUT2D eigenvalue weighted by molar-refractivity contribution is -0.124. The zero-order valence-electron chi connectivity index (χ0n) is 10.2. The number of aromatic nitrogens is 3. The number of likely N-dealkylation sites (N-methyl/N-ethyl adjacent to an activating group) is 1. The van der Waals surface area contributed by atoms with Crippen molar-refractivity contribution in [2.24, 2.45) is 5.73 Å². The van der Waals surface area contributed by atoms with Crippen molar-refractivity contribution in [2.75, 3.05) is 20.1 Å². The van der Waals surface area contributed by atoms with Crippen LogP contribution in [0.4, 0.5) is 0 Å². The van der Waals surface area contributed by atoms with Gasteiger partial charge in [0, 0.05) is 19.6 Å². The van der Waals surface area contributed by atoms with Gasteiger partial charge in [0.2, 0.25) is 5.91 Å². The summed E-state index contributed by atoms with van der Waals surface area (Å²) in [6.45, 7) is 4.81. The standard InChI is InChI=1S/C10H18N6O/c1-10(12-2,9(11)17)6-15-3-4-16-7-13-14-8(16)5-15/h7,12H,3-6H2,1-2H3,(H2,11,17). The van der Waals surface area contributed by atoms with E-state index in [1.165, 1.54) is 0 Å². The fraction of sp³-hybridized carbons (Fsp3) is 0.700. The number of carbonyl (C=O) groups is 1. The van der Waals surface area contributed by atoms with E-state index in [1.54, 1.807) is 13.4 Å². The summed E-state index contributed by atoms with van der Waals surface area (Å²) < 4.78 is 2.03. The minimum atomic E-state index is -0.706. The normalized spacial score (nSPS) is 19.6. The van der Waals surface area contributed by atoms with Gasteiger partial charge in [0.15, 0.2) is 0 Å². The number of primary amides is 1. The molecular formula is C10H18N6O. The fourth-order valence-corrected chi connectivity index (χ4v) is 1.98. The van der Waals surface area contributed by atoms with Gasteiger partial charge in [0.1, 0.15) is 17.7 Å². The SMILES string of the molecule is CNC(C)(CN1CCn2cnnc2C1)C(N)=O. The molecule has 1 aromatic heterocycles. The number of fused-ring (bicyclic) bond motifs is 1.